The molecule has 0 saturated heterocycles. The van der Waals surface area contributed by atoms with Gasteiger partial charge in [-0.25, -0.2) is 4.98 Å². The van der Waals surface area contributed by atoms with Crippen LogP contribution in [0.1, 0.15) is 10.6 Å². The summed E-state index contributed by atoms with van der Waals surface area (Å²) in [6.45, 7) is 0. The molecule has 1 aromatic rings. The first kappa shape index (κ1) is 7.26. The van der Waals surface area contributed by atoms with E-state index in [4.69, 9.17) is 11.1 Å². The lowest BCUT2D eigenvalue weighted by atomic mass is 10.6. The molecule has 0 fully saturated rings. The molecule has 0 radical (unpaired) electrons. The zero-order chi connectivity index (χ0) is 8.27. The monoisotopic (exact) mass is 153 g/mol. The number of nitrogens with zero attached hydrogens (tertiary/aromatic N) is 1. The standard InChI is InChI=1S/C5H7N5O/c6-2-9-5(11)4-8-1-3(7)10-4/h1-2H,7H2,(H,8,10)(H2,6,9,11). The highest BCUT2D eigenvalue weighted by atomic mass is 16.2. The highest BCUT2D eigenvalue weighted by Gasteiger charge is 2.06. The Morgan fingerprint density at radius 2 is 2.64 bits per heavy atom. The number of nitrogens with one attached hydrogen (secondary N) is 3. The molecule has 11 heavy (non-hydrogen) atoms. The minimum atomic E-state index is -0.475. The van der Waals surface area contributed by atoms with Crippen LogP contribution in [0.5, 0.6) is 0 Å². The van der Waals surface area contributed by atoms with Crippen LogP contribution in [0, 0.1) is 5.41 Å². The van der Waals surface area contributed by atoms with Gasteiger partial charge in [-0.3, -0.25) is 10.2 Å². The van der Waals surface area contributed by atoms with Gasteiger partial charge in [0.05, 0.1) is 12.5 Å². The summed E-state index contributed by atoms with van der Waals surface area (Å²) in [6.07, 6.45) is 2.11. The number of rotatable bonds is 2. The molecule has 58 valence electrons. The van der Waals surface area contributed by atoms with E-state index >= 15 is 0 Å². The maximum atomic E-state index is 10.8. The molecule has 1 heterocycles. The average Bonchev–Trinajstić information content (AvgIpc) is 2.36. The SMILES string of the molecule is N=CNC(=O)c1ncc(N)[nH]1. The summed E-state index contributed by atoms with van der Waals surface area (Å²) >= 11 is 0. The molecule has 0 aliphatic heterocycles. The fourth-order valence-electron chi connectivity index (χ4n) is 0.585. The lowest BCUT2D eigenvalue weighted by molar-refractivity contribution is 0.0969. The van der Waals surface area contributed by atoms with Crippen LogP contribution in [0.2, 0.25) is 0 Å². The van der Waals surface area contributed by atoms with Gasteiger partial charge in [-0.15, -0.1) is 0 Å². The van der Waals surface area contributed by atoms with Gasteiger partial charge in [0, 0.05) is 0 Å². The normalized spacial score (nSPS) is 9.09. The number of imidazole rings is 1. The number of H-pyrrole nitrogens is 1. The zero-order valence-corrected chi connectivity index (χ0v) is 5.59. The van der Waals surface area contributed by atoms with Crippen molar-refractivity contribution in [2.45, 2.75) is 0 Å². The smallest absolute Gasteiger partial charge is 0.292 e. The van der Waals surface area contributed by atoms with Crippen molar-refractivity contribution < 1.29 is 4.79 Å². The number of nitrogen functional groups attached to an aromatic ring is 1. The molecule has 1 aromatic heterocycles. The fraction of sp³-hybridized carbons (Fsp3) is 0. The van der Waals surface area contributed by atoms with Gasteiger partial charge in [0.15, 0.2) is 5.82 Å². The predicted molar refractivity (Wildman–Crippen MR) is 39.2 cm³/mol. The van der Waals surface area contributed by atoms with Gasteiger partial charge in [0.2, 0.25) is 0 Å². The summed E-state index contributed by atoms with van der Waals surface area (Å²) < 4.78 is 0. The third-order valence-electron chi connectivity index (χ3n) is 1.01. The van der Waals surface area contributed by atoms with Gasteiger partial charge in [-0.1, -0.05) is 0 Å². The van der Waals surface area contributed by atoms with E-state index in [1.807, 2.05) is 0 Å². The van der Waals surface area contributed by atoms with E-state index in [0.29, 0.717) is 5.82 Å². The van der Waals surface area contributed by atoms with Gasteiger partial charge in [-0.2, -0.15) is 0 Å². The first-order valence-electron chi connectivity index (χ1n) is 2.84. The number of hydrogen-bond acceptors (Lipinski definition) is 4. The molecule has 6 heteroatoms. The number of anilines is 1. The Bertz CT molecular complexity index is 278. The summed E-state index contributed by atoms with van der Waals surface area (Å²) in [5.74, 6) is -0.0529. The van der Waals surface area contributed by atoms with Crippen LogP contribution in [-0.4, -0.2) is 22.2 Å². The van der Waals surface area contributed by atoms with Crippen molar-refractivity contribution in [3.63, 3.8) is 0 Å². The molecule has 0 bridgehead atoms. The summed E-state index contributed by atoms with van der Waals surface area (Å²) in [5.41, 5.74) is 5.26. The number of aromatic amines is 1. The quantitative estimate of drug-likeness (QED) is 0.334. The number of hydrogen-bond donors (Lipinski definition) is 4. The average molecular weight is 153 g/mol. The topological polar surface area (TPSA) is 108 Å². The van der Waals surface area contributed by atoms with E-state index in [9.17, 15) is 4.79 Å². The van der Waals surface area contributed by atoms with Gasteiger partial charge >= 0.3 is 0 Å². The van der Waals surface area contributed by atoms with Crippen LogP contribution in [0.15, 0.2) is 6.20 Å². The lowest BCUT2D eigenvalue weighted by Gasteiger charge is -1.91. The third kappa shape index (κ3) is 1.54. The molecule has 0 saturated carbocycles. The Labute approximate surface area is 62.3 Å². The molecular weight excluding hydrogens is 146 g/mol. The van der Waals surface area contributed by atoms with Crippen molar-refractivity contribution in [1.82, 2.24) is 15.3 Å². The first-order chi connectivity index (χ1) is 5.24. The van der Waals surface area contributed by atoms with Crippen LogP contribution in [0.3, 0.4) is 0 Å². The molecular formula is C5H7N5O. The third-order valence-corrected chi connectivity index (χ3v) is 1.01. The van der Waals surface area contributed by atoms with Gasteiger partial charge in [0.1, 0.15) is 5.82 Å². The lowest BCUT2D eigenvalue weighted by Crippen LogP contribution is -2.22. The molecule has 5 N–H and O–H groups in total. The Morgan fingerprint density at radius 3 is 3.09 bits per heavy atom. The maximum absolute atomic E-state index is 10.8. The van der Waals surface area contributed by atoms with Crippen LogP contribution in [0.25, 0.3) is 0 Å². The Balaban J connectivity index is 2.76. The number of carbonyl (C=O) groups is 1. The summed E-state index contributed by atoms with van der Waals surface area (Å²) in [7, 11) is 0. The largest absolute Gasteiger partial charge is 0.384 e. The maximum Gasteiger partial charge on any atom is 0.292 e. The van der Waals surface area contributed by atoms with Crippen molar-refractivity contribution in [3.8, 4) is 0 Å². The van der Waals surface area contributed by atoms with E-state index in [1.165, 1.54) is 6.20 Å². The zero-order valence-electron chi connectivity index (χ0n) is 5.59. The molecule has 0 aliphatic carbocycles. The van der Waals surface area contributed by atoms with Crippen LogP contribution >= 0.6 is 0 Å². The highest BCUT2D eigenvalue weighted by molar-refractivity contribution is 5.97. The predicted octanol–water partition coefficient (Wildman–Crippen LogP) is -0.671. The summed E-state index contributed by atoms with van der Waals surface area (Å²) in [6, 6.07) is 0. The number of carbonyl (C=O) groups excluding carboxylic acids is 1. The second-order valence-electron chi connectivity index (χ2n) is 1.80. The van der Waals surface area contributed by atoms with E-state index in [-0.39, 0.29) is 5.82 Å². The van der Waals surface area contributed by atoms with E-state index in [0.717, 1.165) is 6.34 Å². The van der Waals surface area contributed by atoms with Crippen LogP contribution in [-0.2, 0) is 0 Å². The minimum Gasteiger partial charge on any atom is -0.384 e. The number of aromatic nitrogens is 2. The highest BCUT2D eigenvalue weighted by Crippen LogP contribution is 1.95. The van der Waals surface area contributed by atoms with Gasteiger partial charge in [0.25, 0.3) is 5.91 Å². The van der Waals surface area contributed by atoms with Crippen LogP contribution in [0.4, 0.5) is 5.82 Å². The van der Waals surface area contributed by atoms with Crippen molar-refractivity contribution in [1.29, 1.82) is 5.41 Å². The second kappa shape index (κ2) is 2.82. The summed E-state index contributed by atoms with van der Waals surface area (Å²) in [5, 5.41) is 8.69. The van der Waals surface area contributed by atoms with Gasteiger partial charge in [-0.05, 0) is 0 Å². The molecule has 6 nitrogen and oxygen atoms in total. The Morgan fingerprint density at radius 1 is 1.91 bits per heavy atom. The minimum absolute atomic E-state index is 0.103. The molecule has 0 unspecified atom stereocenters. The molecule has 0 atom stereocenters. The first-order valence-corrected chi connectivity index (χ1v) is 2.84. The van der Waals surface area contributed by atoms with E-state index in [2.05, 4.69) is 15.3 Å². The Hall–Kier alpha value is -1.85. The van der Waals surface area contributed by atoms with Crippen molar-refractivity contribution in [2.24, 2.45) is 0 Å². The van der Waals surface area contributed by atoms with E-state index < -0.39 is 5.91 Å². The van der Waals surface area contributed by atoms with Crippen molar-refractivity contribution in [3.05, 3.63) is 12.0 Å². The molecule has 1 rings (SSSR count). The summed E-state index contributed by atoms with van der Waals surface area (Å²) in [4.78, 5) is 17.0. The number of nitrogens with two attached hydrogens (primary N) is 1. The molecule has 0 aliphatic rings. The Kier molecular flexibility index (Phi) is 1.86. The molecule has 0 spiro atoms. The molecule has 1 amide bonds. The van der Waals surface area contributed by atoms with Gasteiger partial charge < -0.3 is 16.0 Å². The van der Waals surface area contributed by atoms with E-state index in [1.54, 1.807) is 0 Å². The number of amides is 1. The van der Waals surface area contributed by atoms with Crippen molar-refractivity contribution in [2.75, 3.05) is 5.73 Å². The van der Waals surface area contributed by atoms with Crippen LogP contribution < -0.4 is 11.1 Å². The second-order valence-corrected chi connectivity index (χ2v) is 1.80. The molecule has 0 aromatic carbocycles. The fourth-order valence-corrected chi connectivity index (χ4v) is 0.585. The van der Waals surface area contributed by atoms with Crippen molar-refractivity contribution >= 4 is 18.1 Å².